The fraction of sp³-hybridized carbons (Fsp3) is 0.611. The second-order valence-corrected chi connectivity index (χ2v) is 8.76. The van der Waals surface area contributed by atoms with Crippen LogP contribution in [-0.4, -0.2) is 45.5 Å². The first kappa shape index (κ1) is 20.5. The highest BCUT2D eigenvalue weighted by atomic mass is 32.2. The zero-order valence-corrected chi connectivity index (χ0v) is 16.3. The van der Waals surface area contributed by atoms with Crippen molar-refractivity contribution in [3.05, 3.63) is 35.4 Å². The van der Waals surface area contributed by atoms with Crippen LogP contribution in [0.4, 0.5) is 0 Å². The van der Waals surface area contributed by atoms with Gasteiger partial charge >= 0.3 is 0 Å². The van der Waals surface area contributed by atoms with Crippen molar-refractivity contribution >= 4 is 15.8 Å². The molecule has 24 heavy (non-hydrogen) atoms. The summed E-state index contributed by atoms with van der Waals surface area (Å²) in [6.45, 7) is 9.69. The lowest BCUT2D eigenvalue weighted by Crippen LogP contribution is -2.43. The molecule has 0 spiro atoms. The molecule has 0 saturated heterocycles. The third-order valence-electron chi connectivity index (χ3n) is 3.78. The van der Waals surface area contributed by atoms with Gasteiger partial charge < -0.3 is 10.6 Å². The minimum atomic E-state index is -2.93. The summed E-state index contributed by atoms with van der Waals surface area (Å²) in [6.07, 6.45) is 1.83. The first-order valence-electron chi connectivity index (χ1n) is 8.50. The summed E-state index contributed by atoms with van der Waals surface area (Å²) in [5, 5.41) is 6.50. The Morgan fingerprint density at radius 3 is 2.58 bits per heavy atom. The second kappa shape index (κ2) is 9.67. The van der Waals surface area contributed by atoms with Gasteiger partial charge in [0, 0.05) is 31.3 Å². The number of nitrogens with one attached hydrogen (secondary N) is 2. The molecule has 1 rings (SSSR count). The highest BCUT2D eigenvalue weighted by Crippen LogP contribution is 2.16. The molecule has 1 aromatic carbocycles. The average Bonchev–Trinajstić information content (AvgIpc) is 2.50. The summed E-state index contributed by atoms with van der Waals surface area (Å²) in [5.41, 5.74) is 2.53. The number of rotatable bonds is 8. The van der Waals surface area contributed by atoms with E-state index in [1.54, 1.807) is 0 Å². The smallest absolute Gasteiger partial charge is 0.191 e. The molecule has 0 aromatic heterocycles. The largest absolute Gasteiger partial charge is 0.357 e. The van der Waals surface area contributed by atoms with Gasteiger partial charge in [-0.05, 0) is 32.8 Å². The highest BCUT2D eigenvalue weighted by molar-refractivity contribution is 7.90. The maximum absolute atomic E-state index is 11.3. The molecule has 0 bridgehead atoms. The summed E-state index contributed by atoms with van der Waals surface area (Å²) in [4.78, 5) is 4.65. The van der Waals surface area contributed by atoms with Crippen molar-refractivity contribution in [3.63, 3.8) is 0 Å². The summed E-state index contributed by atoms with van der Waals surface area (Å²) in [5.74, 6) is 1.24. The van der Waals surface area contributed by atoms with Crippen molar-refractivity contribution in [2.75, 3.05) is 25.1 Å². The van der Waals surface area contributed by atoms with E-state index in [-0.39, 0.29) is 11.8 Å². The fourth-order valence-corrected chi connectivity index (χ4v) is 3.11. The van der Waals surface area contributed by atoms with Crippen LogP contribution < -0.4 is 10.6 Å². The molecule has 0 radical (unpaired) electrons. The van der Waals surface area contributed by atoms with E-state index in [0.717, 1.165) is 12.5 Å². The SMILES string of the molecule is CCNC(=NCC(C)c1cccc(C)c1)NC(C)CCS(C)(=O)=O. The topological polar surface area (TPSA) is 70.6 Å². The third kappa shape index (κ3) is 8.34. The second-order valence-electron chi connectivity index (χ2n) is 6.50. The van der Waals surface area contributed by atoms with E-state index in [0.29, 0.717) is 18.9 Å². The van der Waals surface area contributed by atoms with Crippen molar-refractivity contribution in [2.24, 2.45) is 4.99 Å². The molecule has 2 N–H and O–H groups in total. The van der Waals surface area contributed by atoms with Gasteiger partial charge in [0.15, 0.2) is 5.96 Å². The fourth-order valence-electron chi connectivity index (χ4n) is 2.33. The Morgan fingerprint density at radius 2 is 2.00 bits per heavy atom. The van der Waals surface area contributed by atoms with Crippen molar-refractivity contribution in [1.82, 2.24) is 10.6 Å². The number of aliphatic imine (C=N–C) groups is 1. The monoisotopic (exact) mass is 353 g/mol. The van der Waals surface area contributed by atoms with Crippen molar-refractivity contribution in [1.29, 1.82) is 0 Å². The maximum Gasteiger partial charge on any atom is 0.191 e. The normalized spacial score (nSPS) is 15.0. The Balaban J connectivity index is 2.64. The molecule has 2 atom stereocenters. The number of benzene rings is 1. The van der Waals surface area contributed by atoms with Gasteiger partial charge in [0.1, 0.15) is 9.84 Å². The van der Waals surface area contributed by atoms with Crippen LogP contribution in [0.2, 0.25) is 0 Å². The molecule has 1 aromatic rings. The van der Waals surface area contributed by atoms with E-state index >= 15 is 0 Å². The van der Waals surface area contributed by atoms with Crippen molar-refractivity contribution in [2.45, 2.75) is 46.1 Å². The minimum Gasteiger partial charge on any atom is -0.357 e. The van der Waals surface area contributed by atoms with Crippen LogP contribution in [0.3, 0.4) is 0 Å². The zero-order chi connectivity index (χ0) is 18.2. The molecule has 136 valence electrons. The van der Waals surface area contributed by atoms with E-state index < -0.39 is 9.84 Å². The van der Waals surface area contributed by atoms with Crippen LogP contribution in [0, 0.1) is 6.92 Å². The Hall–Kier alpha value is -1.56. The Kier molecular flexibility index (Phi) is 8.25. The predicted octanol–water partition coefficient (Wildman–Crippen LogP) is 2.48. The summed E-state index contributed by atoms with van der Waals surface area (Å²) >= 11 is 0. The zero-order valence-electron chi connectivity index (χ0n) is 15.5. The lowest BCUT2D eigenvalue weighted by molar-refractivity contribution is 0.581. The van der Waals surface area contributed by atoms with E-state index in [4.69, 9.17) is 0 Å². The lowest BCUT2D eigenvalue weighted by Gasteiger charge is -2.18. The third-order valence-corrected chi connectivity index (χ3v) is 4.76. The molecule has 0 fully saturated rings. The van der Waals surface area contributed by atoms with E-state index in [9.17, 15) is 8.42 Å². The number of nitrogens with zero attached hydrogens (tertiary/aromatic N) is 1. The molecular weight excluding hydrogens is 322 g/mol. The maximum atomic E-state index is 11.3. The minimum absolute atomic E-state index is 0.0480. The van der Waals surface area contributed by atoms with Gasteiger partial charge in [-0.1, -0.05) is 36.8 Å². The molecule has 5 nitrogen and oxygen atoms in total. The van der Waals surface area contributed by atoms with E-state index in [1.807, 2.05) is 13.8 Å². The molecule has 0 aliphatic carbocycles. The van der Waals surface area contributed by atoms with Crippen molar-refractivity contribution < 1.29 is 8.42 Å². The highest BCUT2D eigenvalue weighted by Gasteiger charge is 2.10. The van der Waals surface area contributed by atoms with Gasteiger partial charge in [0.2, 0.25) is 0 Å². The molecule has 0 aliphatic rings. The number of sulfone groups is 1. The average molecular weight is 354 g/mol. The molecule has 0 aliphatic heterocycles. The van der Waals surface area contributed by atoms with Gasteiger partial charge in [-0.15, -0.1) is 0 Å². The molecule has 0 amide bonds. The van der Waals surface area contributed by atoms with Crippen LogP contribution in [0.25, 0.3) is 0 Å². The number of aryl methyl sites for hydroxylation is 1. The molecular formula is C18H31N3O2S. The number of hydrogen-bond donors (Lipinski definition) is 2. The molecule has 6 heteroatoms. The first-order chi connectivity index (χ1) is 11.2. The van der Waals surface area contributed by atoms with Gasteiger partial charge in [0.25, 0.3) is 0 Å². The Bertz CT molecular complexity index is 641. The van der Waals surface area contributed by atoms with E-state index in [1.165, 1.54) is 17.4 Å². The first-order valence-corrected chi connectivity index (χ1v) is 10.6. The van der Waals surface area contributed by atoms with Crippen LogP contribution in [-0.2, 0) is 9.84 Å². The quantitative estimate of drug-likeness (QED) is 0.556. The number of hydrogen-bond acceptors (Lipinski definition) is 3. The predicted molar refractivity (Wildman–Crippen MR) is 102 cm³/mol. The Morgan fingerprint density at radius 1 is 1.29 bits per heavy atom. The molecule has 0 saturated carbocycles. The Labute approximate surface area is 146 Å². The number of guanidine groups is 1. The van der Waals surface area contributed by atoms with Crippen LogP contribution in [0.1, 0.15) is 44.2 Å². The van der Waals surface area contributed by atoms with Crippen LogP contribution in [0.5, 0.6) is 0 Å². The standard InChI is InChI=1S/C18H31N3O2S/c1-6-19-18(21-16(4)10-11-24(5,22)23)20-13-15(3)17-9-7-8-14(2)12-17/h7-9,12,15-16H,6,10-11,13H2,1-5H3,(H2,19,20,21). The molecule has 2 unspecified atom stereocenters. The lowest BCUT2D eigenvalue weighted by atomic mass is 10.00. The van der Waals surface area contributed by atoms with Gasteiger partial charge in [-0.3, -0.25) is 4.99 Å². The summed E-state index contributed by atoms with van der Waals surface area (Å²) in [7, 11) is -2.93. The summed E-state index contributed by atoms with van der Waals surface area (Å²) < 4.78 is 22.5. The van der Waals surface area contributed by atoms with E-state index in [2.05, 4.69) is 53.7 Å². The van der Waals surface area contributed by atoms with Crippen LogP contribution >= 0.6 is 0 Å². The van der Waals surface area contributed by atoms with Gasteiger partial charge in [-0.25, -0.2) is 8.42 Å². The molecule has 0 heterocycles. The van der Waals surface area contributed by atoms with Crippen LogP contribution in [0.15, 0.2) is 29.3 Å². The van der Waals surface area contributed by atoms with Gasteiger partial charge in [-0.2, -0.15) is 0 Å². The summed E-state index contributed by atoms with van der Waals surface area (Å²) in [6, 6.07) is 8.53. The van der Waals surface area contributed by atoms with Crippen molar-refractivity contribution in [3.8, 4) is 0 Å². The van der Waals surface area contributed by atoms with Gasteiger partial charge in [0.05, 0.1) is 5.75 Å².